The number of imidazole rings is 1. The smallest absolute Gasteiger partial charge is 0.268 e. The van der Waals surface area contributed by atoms with E-state index < -0.39 is 286 Å². The first-order valence-electron chi connectivity index (χ1n) is 45.1. The Labute approximate surface area is 591 Å². The van der Waals surface area contributed by atoms with E-state index in [0.717, 1.165) is 38.6 Å². The van der Waals surface area contributed by atoms with Crippen LogP contribution in [0.5, 0.6) is 11.5 Å². The number of hydrogen-bond acceptors (Lipinski definition) is 2. The number of rotatable bonds is 14. The van der Waals surface area contributed by atoms with E-state index in [1.165, 1.54) is 47.0 Å². The van der Waals surface area contributed by atoms with Crippen LogP contribution in [-0.4, -0.2) is 30.3 Å². The van der Waals surface area contributed by atoms with Gasteiger partial charge in [0.1, 0.15) is 5.82 Å². The van der Waals surface area contributed by atoms with Crippen LogP contribution >= 0.6 is 0 Å². The number of fused-ring (bicyclic) bond motifs is 4. The molecule has 3 aromatic heterocycles. The Hall–Kier alpha value is -10.0. The summed E-state index contributed by atoms with van der Waals surface area (Å²) in [5.41, 5.74) is -1.64. The Morgan fingerprint density at radius 3 is 1.43 bits per heavy atom. The van der Waals surface area contributed by atoms with E-state index in [1.54, 1.807) is 12.3 Å². The van der Waals surface area contributed by atoms with Crippen molar-refractivity contribution in [3.8, 4) is 39.8 Å². The zero-order valence-corrected chi connectivity index (χ0v) is 51.7. The molecule has 0 amide bonds. The summed E-state index contributed by atoms with van der Waals surface area (Å²) in [6.45, 7) is 6.18. The van der Waals surface area contributed by atoms with Crippen molar-refractivity contribution in [1.29, 1.82) is 0 Å². The van der Waals surface area contributed by atoms with Crippen molar-refractivity contribution in [2.75, 3.05) is 0 Å². The van der Waals surface area contributed by atoms with Crippen molar-refractivity contribution in [1.82, 2.24) is 14.1 Å². The van der Waals surface area contributed by atoms with Crippen molar-refractivity contribution >= 4 is 90.5 Å². The molecule has 5 nitrogen and oxygen atoms in total. The Kier molecular flexibility index (Phi) is 8.18. The molecule has 0 saturated heterocycles. The van der Waals surface area contributed by atoms with Crippen molar-refractivity contribution in [2.24, 2.45) is 0 Å². The summed E-state index contributed by atoms with van der Waals surface area (Å²) < 4.78 is 356. The summed E-state index contributed by atoms with van der Waals surface area (Å²) in [7, 11) is -14.3. The number of ether oxygens (including phenoxy) is 1. The average molecular weight is 1410 g/mol. The Morgan fingerprint density at radius 2 is 0.922 bits per heavy atom. The van der Waals surface area contributed by atoms with Gasteiger partial charge in [-0.1, -0.05) is 292 Å². The second kappa shape index (κ2) is 24.2. The number of pyridine rings is 1. The molecule has 15 rings (SSSR count). The fourth-order valence-corrected chi connectivity index (χ4v) is 19.7. The van der Waals surface area contributed by atoms with Gasteiger partial charge in [-0.05, 0) is 92.9 Å². The first-order valence-corrected chi connectivity index (χ1v) is 31.6. The minimum Gasteiger partial charge on any atom is -0.510 e. The number of para-hydroxylation sites is 3. The van der Waals surface area contributed by atoms with Crippen LogP contribution < -0.4 is 50.8 Å². The number of aromatic nitrogens is 4. The van der Waals surface area contributed by atoms with E-state index in [0.29, 0.717) is 11.3 Å². The van der Waals surface area contributed by atoms with Crippen molar-refractivity contribution in [3.05, 3.63) is 345 Å². The summed E-state index contributed by atoms with van der Waals surface area (Å²) in [5, 5.41) is -8.48. The second-order valence-electron chi connectivity index (χ2n) is 21.3. The molecule has 15 aromatic rings. The van der Waals surface area contributed by atoms with Gasteiger partial charge in [0.05, 0.1) is 64.7 Å². The third kappa shape index (κ3) is 10.00. The Balaban J connectivity index is 0.0000127. The number of benzene rings is 12. The van der Waals surface area contributed by atoms with Crippen LogP contribution in [-0.2, 0) is 26.5 Å². The molecule has 3 heterocycles. The van der Waals surface area contributed by atoms with Crippen LogP contribution in [0, 0.1) is 18.5 Å². The summed E-state index contributed by atoms with van der Waals surface area (Å²) in [6, 6.07) is -13.2. The van der Waals surface area contributed by atoms with Crippen molar-refractivity contribution in [2.45, 2.75) is 26.2 Å². The van der Waals surface area contributed by atoms with E-state index in [1.807, 2.05) is 47.0 Å². The minimum absolute atomic E-state index is 0. The van der Waals surface area contributed by atoms with Gasteiger partial charge in [0.25, 0.3) is 6.33 Å². The molecule has 0 aliphatic rings. The minimum atomic E-state index is -7.16. The normalized spacial score (nSPS) is 17.3. The molecule has 436 valence electrons. The standard InChI is InChI=1S/C82H62N4OSi2.Pt/c1-82(2,3)62-52-53-83-80(56-62)86-74-47-26-25-46-72(74)73-51-50-65(58-77(73)86)87-64-33-29-32-63(57-64)84-59-85(76-49-28-27-48-75(76)84)81-78(88(66-34-13-5-14-35-66,67-36-15-6-16-37-67)68-38-17-7-18-39-68)54-61(60-30-11-4-12-31-60)55-79(81)89(69-40-19-8-20-41-69,70-42-21-9-22-43-70)71-44-23-10-24-45-71;/h4-56H,1-3H3;/q-2;/i4D,5D,6D,7D,8D,9D,10D,11D,12D,13D,14D,15D,16D,17D,18D,19D,20D,21D,22D,23D,24D,30D,31D,34D,35D,36D,37D,38D,39D,40D,41D,42D,43D,44D,45D;. The Morgan fingerprint density at radius 1 is 0.456 bits per heavy atom. The monoisotopic (exact) mass is 1400 g/mol. The molecule has 0 aliphatic heterocycles. The molecule has 0 bridgehead atoms. The predicted octanol–water partition coefficient (Wildman–Crippen LogP) is 13.3. The quantitative estimate of drug-likeness (QED) is 0.0471. The fraction of sp³-hybridized carbons (Fsp3) is 0.0488. The Bertz CT molecular complexity index is 6480. The molecule has 90 heavy (non-hydrogen) atoms. The molecule has 0 aliphatic carbocycles. The van der Waals surface area contributed by atoms with E-state index in [9.17, 15) is 46.6 Å². The summed E-state index contributed by atoms with van der Waals surface area (Å²) >= 11 is 0. The first-order chi connectivity index (χ1) is 58.3. The van der Waals surface area contributed by atoms with Gasteiger partial charge in [-0.3, -0.25) is 4.57 Å². The predicted molar refractivity (Wildman–Crippen MR) is 371 cm³/mol. The molecule has 0 radical (unpaired) electrons. The van der Waals surface area contributed by atoms with Crippen LogP contribution in [0.4, 0.5) is 0 Å². The molecule has 8 heteroatoms. The van der Waals surface area contributed by atoms with Gasteiger partial charge in [0.15, 0.2) is 16.1 Å². The summed E-state index contributed by atoms with van der Waals surface area (Å²) in [5.74, 6) is 0.574. The molecular formula is C82H62N4OPtSi2-2. The molecule has 0 fully saturated rings. The van der Waals surface area contributed by atoms with Crippen LogP contribution in [0.2, 0.25) is 0 Å². The largest absolute Gasteiger partial charge is 0.510 e. The topological polar surface area (TPSA) is 35.9 Å². The average Bonchev–Trinajstić information content (AvgIpc) is 1.33. The van der Waals surface area contributed by atoms with Crippen LogP contribution in [0.3, 0.4) is 0 Å². The van der Waals surface area contributed by atoms with Crippen molar-refractivity contribution < 1.29 is 78.3 Å². The fourth-order valence-electron chi connectivity index (χ4n) is 11.5. The molecular weight excluding hydrogens is 1310 g/mol. The summed E-state index contributed by atoms with van der Waals surface area (Å²) in [6.07, 6.45) is 4.93. The van der Waals surface area contributed by atoms with E-state index in [-0.39, 0.29) is 54.7 Å². The van der Waals surface area contributed by atoms with Gasteiger partial charge in [-0.15, -0.1) is 29.7 Å². The van der Waals surface area contributed by atoms with Gasteiger partial charge in [0.2, 0.25) is 0 Å². The van der Waals surface area contributed by atoms with Gasteiger partial charge in [-0.2, -0.15) is 18.2 Å². The molecule has 0 N–H and O–H groups in total. The van der Waals surface area contributed by atoms with Crippen LogP contribution in [0.25, 0.3) is 61.2 Å². The zero-order chi connectivity index (χ0) is 90.4. The second-order valence-corrected chi connectivity index (χ2v) is 28.3. The van der Waals surface area contributed by atoms with Gasteiger partial charge >= 0.3 is 0 Å². The SMILES string of the molecule is [2H]c1c([2H])c([2H])c(-c2cc([Si](c3c([2H])c([2H])c([2H])c([2H])c3[2H])(c3c([2H])c([2H])c([2H])c([2H])c3[2H])c3c([2H])c([2H])c([2H])c([2H])c3[2H])c(-[n+]3[c-]n(-c4[c-]c(Oc5[c-]c6c(cc5)c5ccccc5n6-c5cc(C(C)(C)C)ccn5)ccc4)c4ccccc43)c([Si](c3c([2H])c([2H])c([2H])c([2H])c3[2H])(c3c([2H])c([2H])c([2H])c([2H])c3[2H])c3c([2H])c([2H])c([2H])c([2H])c3[2H])c2)c([2H])c1[2H].[Pt]. The van der Waals surface area contributed by atoms with Crippen LogP contribution in [0.15, 0.2) is 321 Å². The number of nitrogens with zero attached hydrogens (tertiary/aromatic N) is 4. The maximum atomic E-state index is 10.5. The van der Waals surface area contributed by atoms with Crippen molar-refractivity contribution in [3.63, 3.8) is 0 Å². The third-order valence-corrected chi connectivity index (χ3v) is 23.7. The molecule has 12 aromatic carbocycles. The van der Waals surface area contributed by atoms with E-state index in [2.05, 4.69) is 39.2 Å². The maximum absolute atomic E-state index is 10.5. The number of hydrogen-bond donors (Lipinski definition) is 0. The molecule has 0 unspecified atom stereocenters. The van der Waals surface area contributed by atoms with E-state index >= 15 is 0 Å². The first kappa shape index (κ1) is 30.5. The van der Waals surface area contributed by atoms with Gasteiger partial charge in [-0.25, -0.2) is 4.98 Å². The third-order valence-electron chi connectivity index (χ3n) is 15.4. The molecule has 0 atom stereocenters. The summed E-state index contributed by atoms with van der Waals surface area (Å²) in [4.78, 5) is 4.80. The van der Waals surface area contributed by atoms with E-state index in [4.69, 9.17) is 11.1 Å². The zero-order valence-electron chi connectivity index (χ0n) is 82.4. The van der Waals surface area contributed by atoms with Gasteiger partial charge in [0, 0.05) is 44.3 Å². The maximum Gasteiger partial charge on any atom is 0.268 e. The molecule has 0 spiro atoms. The molecule has 0 saturated carbocycles. The van der Waals surface area contributed by atoms with Gasteiger partial charge < -0.3 is 13.9 Å². The van der Waals surface area contributed by atoms with Crippen LogP contribution in [0.1, 0.15) is 74.3 Å².